The summed E-state index contributed by atoms with van der Waals surface area (Å²) in [6, 6.07) is 16.0. The number of hydrogen-bond donors (Lipinski definition) is 2. The quantitative estimate of drug-likeness (QED) is 0.255. The summed E-state index contributed by atoms with van der Waals surface area (Å²) in [6.07, 6.45) is 2.47. The predicted octanol–water partition coefficient (Wildman–Crippen LogP) is 6.84. The van der Waals surface area contributed by atoms with Crippen LogP contribution in [0.5, 0.6) is 5.75 Å². The maximum absolute atomic E-state index is 14.7. The van der Waals surface area contributed by atoms with E-state index in [1.54, 1.807) is 6.07 Å². The van der Waals surface area contributed by atoms with Crippen LogP contribution in [0, 0.1) is 32.4 Å². The van der Waals surface area contributed by atoms with Gasteiger partial charge in [0.15, 0.2) is 0 Å². The summed E-state index contributed by atoms with van der Waals surface area (Å²) in [5, 5.41) is 11.8. The van der Waals surface area contributed by atoms with E-state index in [9.17, 15) is 13.6 Å². The number of halogens is 2. The molecule has 0 saturated carbocycles. The van der Waals surface area contributed by atoms with E-state index in [1.165, 1.54) is 11.6 Å². The summed E-state index contributed by atoms with van der Waals surface area (Å²) in [5.74, 6) is -1.23. The van der Waals surface area contributed by atoms with Gasteiger partial charge in [-0.05, 0) is 85.5 Å². The Morgan fingerprint density at radius 1 is 0.944 bits per heavy atom. The molecule has 0 aromatic heterocycles. The number of benzene rings is 3. The summed E-state index contributed by atoms with van der Waals surface area (Å²) < 4.78 is 34.2. The molecule has 0 aliphatic rings. The first kappa shape index (κ1) is 27.3. The Hall–Kier alpha value is -3.25. The van der Waals surface area contributed by atoms with Gasteiger partial charge in [0.2, 0.25) is 0 Å². The highest BCUT2D eigenvalue weighted by molar-refractivity contribution is 5.66. The Kier molecular flexibility index (Phi) is 10.00. The SMILES string of the molecule is Cc1ccc(C(CCCCOc2ccc(CNCCC(=O)O)cc2C)c2ccc(F)cc2F)cc1C. The molecule has 2 N–H and O–H groups in total. The average Bonchev–Trinajstić information content (AvgIpc) is 2.82. The first-order valence-electron chi connectivity index (χ1n) is 12.4. The Labute approximate surface area is 212 Å². The summed E-state index contributed by atoms with van der Waals surface area (Å²) in [6.45, 7) is 7.66. The zero-order valence-corrected chi connectivity index (χ0v) is 21.2. The number of unbranched alkanes of at least 4 members (excludes halogenated alkanes) is 1. The smallest absolute Gasteiger partial charge is 0.304 e. The standard InChI is InChI=1S/C30H35F2NO3/c1-20-7-9-24(17-21(20)2)26(27-11-10-25(31)18-28(27)32)6-4-5-15-36-29-12-8-23(16-22(29)3)19-33-14-13-30(34)35/h7-12,16-18,26,33H,4-6,13-15,19H2,1-3H3,(H,34,35). The van der Waals surface area contributed by atoms with E-state index in [2.05, 4.69) is 24.4 Å². The monoisotopic (exact) mass is 495 g/mol. The van der Waals surface area contributed by atoms with Gasteiger partial charge in [0.1, 0.15) is 17.4 Å². The van der Waals surface area contributed by atoms with Crippen LogP contribution in [0.25, 0.3) is 0 Å². The lowest BCUT2D eigenvalue weighted by atomic mass is 9.85. The zero-order chi connectivity index (χ0) is 26.1. The van der Waals surface area contributed by atoms with Crippen LogP contribution in [0.15, 0.2) is 54.6 Å². The van der Waals surface area contributed by atoms with Crippen molar-refractivity contribution in [3.63, 3.8) is 0 Å². The lowest BCUT2D eigenvalue weighted by Gasteiger charge is -2.20. The molecule has 0 fully saturated rings. The van der Waals surface area contributed by atoms with E-state index in [0.29, 0.717) is 25.3 Å². The lowest BCUT2D eigenvalue weighted by molar-refractivity contribution is -0.136. The third kappa shape index (κ3) is 7.89. The highest BCUT2D eigenvalue weighted by atomic mass is 19.1. The second kappa shape index (κ2) is 13.2. The molecule has 0 spiro atoms. The number of carboxylic acids is 1. The molecule has 4 nitrogen and oxygen atoms in total. The molecule has 36 heavy (non-hydrogen) atoms. The van der Waals surface area contributed by atoms with Gasteiger partial charge in [0.05, 0.1) is 13.0 Å². The largest absolute Gasteiger partial charge is 0.493 e. The van der Waals surface area contributed by atoms with E-state index < -0.39 is 17.6 Å². The minimum atomic E-state index is -0.814. The normalized spacial score (nSPS) is 11.9. The van der Waals surface area contributed by atoms with E-state index in [1.807, 2.05) is 38.1 Å². The predicted molar refractivity (Wildman–Crippen MR) is 139 cm³/mol. The molecule has 0 aliphatic heterocycles. The molecule has 0 amide bonds. The van der Waals surface area contributed by atoms with Gasteiger partial charge >= 0.3 is 5.97 Å². The molecule has 0 saturated heterocycles. The van der Waals surface area contributed by atoms with E-state index in [-0.39, 0.29) is 12.3 Å². The Morgan fingerprint density at radius 2 is 1.75 bits per heavy atom. The third-order valence-corrected chi connectivity index (χ3v) is 6.50. The van der Waals surface area contributed by atoms with Gasteiger partial charge in [-0.3, -0.25) is 4.79 Å². The first-order chi connectivity index (χ1) is 17.2. The van der Waals surface area contributed by atoms with Gasteiger partial charge in [-0.25, -0.2) is 8.78 Å². The van der Waals surface area contributed by atoms with Crippen molar-refractivity contribution in [2.45, 2.75) is 58.9 Å². The maximum atomic E-state index is 14.7. The molecule has 3 aromatic rings. The molecule has 0 heterocycles. The Balaban J connectivity index is 1.56. The number of aryl methyl sites for hydroxylation is 3. The van der Waals surface area contributed by atoms with Gasteiger partial charge in [-0.2, -0.15) is 0 Å². The maximum Gasteiger partial charge on any atom is 0.304 e. The Morgan fingerprint density at radius 3 is 2.44 bits per heavy atom. The van der Waals surface area contributed by atoms with Crippen molar-refractivity contribution in [1.29, 1.82) is 0 Å². The Bertz CT molecular complexity index is 1180. The first-order valence-corrected chi connectivity index (χ1v) is 12.4. The van der Waals surface area contributed by atoms with Crippen molar-refractivity contribution in [2.75, 3.05) is 13.2 Å². The number of nitrogens with one attached hydrogen (secondary N) is 1. The average molecular weight is 496 g/mol. The van der Waals surface area contributed by atoms with E-state index >= 15 is 0 Å². The molecule has 0 radical (unpaired) electrons. The van der Waals surface area contributed by atoms with E-state index in [0.717, 1.165) is 53.3 Å². The van der Waals surface area contributed by atoms with Crippen LogP contribution in [-0.4, -0.2) is 24.2 Å². The number of hydrogen-bond acceptors (Lipinski definition) is 3. The van der Waals surface area contributed by atoms with Crippen molar-refractivity contribution < 1.29 is 23.4 Å². The summed E-state index contributed by atoms with van der Waals surface area (Å²) in [4.78, 5) is 10.6. The molecule has 1 atom stereocenters. The van der Waals surface area contributed by atoms with Crippen LogP contribution in [0.4, 0.5) is 8.78 Å². The van der Waals surface area contributed by atoms with Crippen LogP contribution < -0.4 is 10.1 Å². The number of carbonyl (C=O) groups is 1. The highest BCUT2D eigenvalue weighted by Gasteiger charge is 2.19. The number of ether oxygens (including phenoxy) is 1. The molecule has 3 rings (SSSR count). The number of rotatable bonds is 13. The molecule has 0 bridgehead atoms. The molecule has 192 valence electrons. The number of aliphatic carboxylic acids is 1. The second-order valence-electron chi connectivity index (χ2n) is 9.33. The van der Waals surface area contributed by atoms with Crippen molar-refractivity contribution in [2.24, 2.45) is 0 Å². The molecule has 3 aromatic carbocycles. The van der Waals surface area contributed by atoms with Crippen LogP contribution in [0.2, 0.25) is 0 Å². The van der Waals surface area contributed by atoms with Crippen LogP contribution in [-0.2, 0) is 11.3 Å². The fourth-order valence-electron chi connectivity index (χ4n) is 4.31. The van der Waals surface area contributed by atoms with Gasteiger partial charge in [0, 0.05) is 25.1 Å². The van der Waals surface area contributed by atoms with E-state index in [4.69, 9.17) is 9.84 Å². The fourth-order valence-corrected chi connectivity index (χ4v) is 4.31. The van der Waals surface area contributed by atoms with Gasteiger partial charge in [0.25, 0.3) is 0 Å². The fraction of sp³-hybridized carbons (Fsp3) is 0.367. The van der Waals surface area contributed by atoms with Crippen LogP contribution in [0.3, 0.4) is 0 Å². The number of carboxylic acid groups (broad SMARTS) is 1. The van der Waals surface area contributed by atoms with Crippen molar-refractivity contribution in [1.82, 2.24) is 5.32 Å². The molecular formula is C30H35F2NO3. The summed E-state index contributed by atoms with van der Waals surface area (Å²) in [7, 11) is 0. The zero-order valence-electron chi connectivity index (χ0n) is 21.2. The van der Waals surface area contributed by atoms with Gasteiger partial charge < -0.3 is 15.2 Å². The lowest BCUT2D eigenvalue weighted by Crippen LogP contribution is -2.17. The molecule has 6 heteroatoms. The molecular weight excluding hydrogens is 460 g/mol. The van der Waals surface area contributed by atoms with Crippen molar-refractivity contribution in [3.05, 3.63) is 99.6 Å². The van der Waals surface area contributed by atoms with Gasteiger partial charge in [-0.1, -0.05) is 36.4 Å². The minimum absolute atomic E-state index is 0.0956. The summed E-state index contributed by atoms with van der Waals surface area (Å²) >= 11 is 0. The van der Waals surface area contributed by atoms with Crippen LogP contribution in [0.1, 0.15) is 65.0 Å². The molecule has 0 aliphatic carbocycles. The summed E-state index contributed by atoms with van der Waals surface area (Å²) in [5.41, 5.74) is 5.98. The van der Waals surface area contributed by atoms with Gasteiger partial charge in [-0.15, -0.1) is 0 Å². The molecule has 1 unspecified atom stereocenters. The van der Waals surface area contributed by atoms with Crippen molar-refractivity contribution in [3.8, 4) is 5.75 Å². The topological polar surface area (TPSA) is 58.6 Å². The highest BCUT2D eigenvalue weighted by Crippen LogP contribution is 2.33. The second-order valence-corrected chi connectivity index (χ2v) is 9.33. The van der Waals surface area contributed by atoms with Crippen molar-refractivity contribution >= 4 is 5.97 Å². The minimum Gasteiger partial charge on any atom is -0.493 e. The van der Waals surface area contributed by atoms with Crippen LogP contribution >= 0.6 is 0 Å². The third-order valence-electron chi connectivity index (χ3n) is 6.50.